The van der Waals surface area contributed by atoms with E-state index in [0.29, 0.717) is 0 Å². The lowest BCUT2D eigenvalue weighted by Crippen LogP contribution is -2.44. The number of nitrogens with one attached hydrogen (secondary N) is 1. The van der Waals surface area contributed by atoms with E-state index in [1.807, 2.05) is 18.2 Å². The standard InChI is InChI=1S/C13H18BrNO/c1-13(9-16,15-8-10-6-7-10)11-4-2-3-5-12(11)14/h2-5,10,15-16H,6-9H2,1H3. The van der Waals surface area contributed by atoms with Crippen molar-refractivity contribution in [1.82, 2.24) is 5.32 Å². The Morgan fingerprint density at radius 2 is 2.12 bits per heavy atom. The van der Waals surface area contributed by atoms with Gasteiger partial charge in [-0.15, -0.1) is 0 Å². The van der Waals surface area contributed by atoms with Crippen LogP contribution in [0.15, 0.2) is 28.7 Å². The number of aliphatic hydroxyl groups is 1. The number of hydrogen-bond donors (Lipinski definition) is 2. The zero-order valence-electron chi connectivity index (χ0n) is 9.54. The highest BCUT2D eigenvalue weighted by molar-refractivity contribution is 9.10. The van der Waals surface area contributed by atoms with Crippen LogP contribution in [0.2, 0.25) is 0 Å². The van der Waals surface area contributed by atoms with E-state index in [4.69, 9.17) is 0 Å². The molecule has 2 N–H and O–H groups in total. The first-order valence-electron chi connectivity index (χ1n) is 5.76. The number of aliphatic hydroxyl groups excluding tert-OH is 1. The van der Waals surface area contributed by atoms with Gasteiger partial charge in [0, 0.05) is 4.47 Å². The summed E-state index contributed by atoms with van der Waals surface area (Å²) in [6.45, 7) is 3.16. The van der Waals surface area contributed by atoms with E-state index in [-0.39, 0.29) is 12.1 Å². The lowest BCUT2D eigenvalue weighted by atomic mass is 9.92. The Morgan fingerprint density at radius 1 is 1.44 bits per heavy atom. The van der Waals surface area contributed by atoms with Crippen LogP contribution in [0.3, 0.4) is 0 Å². The van der Waals surface area contributed by atoms with Crippen LogP contribution in [0.25, 0.3) is 0 Å². The molecular weight excluding hydrogens is 266 g/mol. The highest BCUT2D eigenvalue weighted by atomic mass is 79.9. The Balaban J connectivity index is 2.15. The molecule has 2 nitrogen and oxygen atoms in total. The van der Waals surface area contributed by atoms with E-state index >= 15 is 0 Å². The van der Waals surface area contributed by atoms with Gasteiger partial charge in [0.05, 0.1) is 12.1 Å². The SMILES string of the molecule is CC(CO)(NCC1CC1)c1ccccc1Br. The molecule has 16 heavy (non-hydrogen) atoms. The fraction of sp³-hybridized carbons (Fsp3) is 0.538. The molecule has 0 aliphatic heterocycles. The first-order chi connectivity index (χ1) is 7.65. The van der Waals surface area contributed by atoms with Crippen LogP contribution >= 0.6 is 15.9 Å². The zero-order valence-corrected chi connectivity index (χ0v) is 11.1. The molecular formula is C13H18BrNO. The van der Waals surface area contributed by atoms with Gasteiger partial charge in [-0.05, 0) is 43.9 Å². The molecule has 88 valence electrons. The molecule has 0 spiro atoms. The van der Waals surface area contributed by atoms with Crippen molar-refractivity contribution in [2.24, 2.45) is 5.92 Å². The van der Waals surface area contributed by atoms with Gasteiger partial charge in [-0.25, -0.2) is 0 Å². The summed E-state index contributed by atoms with van der Waals surface area (Å²) in [6, 6.07) is 8.07. The van der Waals surface area contributed by atoms with Crippen molar-refractivity contribution >= 4 is 15.9 Å². The minimum absolute atomic E-state index is 0.113. The second kappa shape index (κ2) is 4.86. The molecule has 0 bridgehead atoms. The molecule has 0 saturated heterocycles. The molecule has 0 aromatic heterocycles. The summed E-state index contributed by atoms with van der Waals surface area (Å²) < 4.78 is 1.05. The molecule has 1 aromatic rings. The molecule has 1 aromatic carbocycles. The van der Waals surface area contributed by atoms with E-state index in [1.54, 1.807) is 0 Å². The van der Waals surface area contributed by atoms with Crippen molar-refractivity contribution in [3.8, 4) is 0 Å². The minimum Gasteiger partial charge on any atom is -0.394 e. The third-order valence-corrected chi connectivity index (χ3v) is 3.95. The van der Waals surface area contributed by atoms with Gasteiger partial charge in [0.1, 0.15) is 0 Å². The summed E-state index contributed by atoms with van der Waals surface area (Å²) >= 11 is 3.54. The third kappa shape index (κ3) is 2.65. The number of rotatable bonds is 5. The number of benzene rings is 1. The predicted molar refractivity (Wildman–Crippen MR) is 69.3 cm³/mol. The van der Waals surface area contributed by atoms with Crippen LogP contribution in [0.5, 0.6) is 0 Å². The van der Waals surface area contributed by atoms with E-state index in [1.165, 1.54) is 12.8 Å². The topological polar surface area (TPSA) is 32.3 Å². The molecule has 3 heteroatoms. The first-order valence-corrected chi connectivity index (χ1v) is 6.56. The van der Waals surface area contributed by atoms with E-state index < -0.39 is 0 Å². The Kier molecular flexibility index (Phi) is 3.67. The van der Waals surface area contributed by atoms with Crippen LogP contribution in [-0.4, -0.2) is 18.3 Å². The maximum atomic E-state index is 9.61. The summed E-state index contributed by atoms with van der Waals surface area (Å²) in [5.74, 6) is 0.813. The van der Waals surface area contributed by atoms with Crippen molar-refractivity contribution < 1.29 is 5.11 Å². The molecule has 2 rings (SSSR count). The van der Waals surface area contributed by atoms with E-state index in [9.17, 15) is 5.11 Å². The molecule has 1 atom stereocenters. The quantitative estimate of drug-likeness (QED) is 0.871. The molecule has 1 unspecified atom stereocenters. The van der Waals surface area contributed by atoms with Crippen LogP contribution in [-0.2, 0) is 5.54 Å². The molecule has 0 heterocycles. The molecule has 1 aliphatic rings. The summed E-state index contributed by atoms with van der Waals surface area (Å²) in [5, 5.41) is 13.1. The Hall–Kier alpha value is -0.380. The Labute approximate surface area is 105 Å². The lowest BCUT2D eigenvalue weighted by molar-refractivity contribution is 0.173. The summed E-state index contributed by atoms with van der Waals surface area (Å²) in [6.07, 6.45) is 2.65. The first kappa shape index (κ1) is 12.1. The average Bonchev–Trinajstić information content (AvgIpc) is 3.10. The van der Waals surface area contributed by atoms with Gasteiger partial charge in [0.2, 0.25) is 0 Å². The van der Waals surface area contributed by atoms with Gasteiger partial charge < -0.3 is 10.4 Å². The monoisotopic (exact) mass is 283 g/mol. The minimum atomic E-state index is -0.345. The van der Waals surface area contributed by atoms with Gasteiger partial charge in [-0.3, -0.25) is 0 Å². The van der Waals surface area contributed by atoms with Crippen LogP contribution in [0.4, 0.5) is 0 Å². The van der Waals surface area contributed by atoms with E-state index in [2.05, 4.69) is 34.2 Å². The fourth-order valence-electron chi connectivity index (χ4n) is 1.84. The molecule has 1 aliphatic carbocycles. The van der Waals surface area contributed by atoms with Crippen LogP contribution < -0.4 is 5.32 Å². The number of hydrogen-bond acceptors (Lipinski definition) is 2. The highest BCUT2D eigenvalue weighted by Crippen LogP contribution is 2.32. The largest absolute Gasteiger partial charge is 0.394 e. The summed E-state index contributed by atoms with van der Waals surface area (Å²) in [5.41, 5.74) is 0.779. The average molecular weight is 284 g/mol. The van der Waals surface area contributed by atoms with Crippen molar-refractivity contribution in [1.29, 1.82) is 0 Å². The highest BCUT2D eigenvalue weighted by Gasteiger charge is 2.30. The smallest absolute Gasteiger partial charge is 0.0652 e. The molecule has 0 amide bonds. The maximum absolute atomic E-state index is 9.61. The second-order valence-electron chi connectivity index (χ2n) is 4.79. The summed E-state index contributed by atoms with van der Waals surface area (Å²) in [7, 11) is 0. The van der Waals surface area contributed by atoms with Crippen molar-refractivity contribution in [3.05, 3.63) is 34.3 Å². The van der Waals surface area contributed by atoms with Crippen molar-refractivity contribution in [2.45, 2.75) is 25.3 Å². The van der Waals surface area contributed by atoms with E-state index in [0.717, 1.165) is 22.5 Å². The zero-order chi connectivity index (χ0) is 11.6. The van der Waals surface area contributed by atoms with Gasteiger partial charge in [-0.2, -0.15) is 0 Å². The second-order valence-corrected chi connectivity index (χ2v) is 5.65. The lowest BCUT2D eigenvalue weighted by Gasteiger charge is -2.30. The summed E-state index contributed by atoms with van der Waals surface area (Å²) in [4.78, 5) is 0. The van der Waals surface area contributed by atoms with Crippen molar-refractivity contribution in [3.63, 3.8) is 0 Å². The van der Waals surface area contributed by atoms with Gasteiger partial charge in [0.25, 0.3) is 0 Å². The normalized spacial score (nSPS) is 19.4. The molecule has 1 saturated carbocycles. The van der Waals surface area contributed by atoms with Gasteiger partial charge >= 0.3 is 0 Å². The number of halogens is 1. The molecule has 1 fully saturated rings. The van der Waals surface area contributed by atoms with Crippen LogP contribution in [0.1, 0.15) is 25.3 Å². The van der Waals surface area contributed by atoms with Gasteiger partial charge in [-0.1, -0.05) is 34.1 Å². The third-order valence-electron chi connectivity index (χ3n) is 3.26. The van der Waals surface area contributed by atoms with Crippen LogP contribution in [0, 0.1) is 5.92 Å². The maximum Gasteiger partial charge on any atom is 0.0652 e. The Bertz CT molecular complexity index is 365. The molecule has 0 radical (unpaired) electrons. The van der Waals surface area contributed by atoms with Gasteiger partial charge in [0.15, 0.2) is 0 Å². The van der Waals surface area contributed by atoms with Crippen molar-refractivity contribution in [2.75, 3.05) is 13.2 Å². The fourth-order valence-corrected chi connectivity index (χ4v) is 2.56. The Morgan fingerprint density at radius 3 is 2.69 bits per heavy atom. The predicted octanol–water partition coefficient (Wildman–Crippen LogP) is 2.66.